The van der Waals surface area contributed by atoms with Crippen LogP contribution in [0.15, 0.2) is 18.2 Å². The number of halogens is 1. The number of hydrogen-bond acceptors (Lipinski definition) is 5. The van der Waals surface area contributed by atoms with Gasteiger partial charge in [0.25, 0.3) is 5.69 Å². The van der Waals surface area contributed by atoms with Gasteiger partial charge in [0.15, 0.2) is 0 Å². The van der Waals surface area contributed by atoms with E-state index in [1.54, 1.807) is 25.1 Å². The number of carbonyl (C=O) groups is 1. The fraction of sp³-hybridized carbons (Fsp3) is 0.462. The minimum absolute atomic E-state index is 0.0824. The van der Waals surface area contributed by atoms with Crippen molar-refractivity contribution in [2.24, 2.45) is 0 Å². The molecule has 1 N–H and O–H groups in total. The van der Waals surface area contributed by atoms with E-state index in [0.717, 1.165) is 0 Å². The molecule has 21 heavy (non-hydrogen) atoms. The van der Waals surface area contributed by atoms with Crippen LogP contribution in [0.4, 0.5) is 11.4 Å². The molecular formula is C13H17ClN4O3. The van der Waals surface area contributed by atoms with Crippen LogP contribution < -0.4 is 10.2 Å². The average Bonchev–Trinajstić information content (AvgIpc) is 2.46. The number of likely N-dealkylation sites (N-methyl/N-ethyl adjacent to an activating group) is 1. The summed E-state index contributed by atoms with van der Waals surface area (Å²) in [6.07, 6.45) is 0. The Balaban J connectivity index is 2.47. The summed E-state index contributed by atoms with van der Waals surface area (Å²) < 4.78 is 0. The monoisotopic (exact) mass is 312 g/mol. The first-order valence-corrected chi connectivity index (χ1v) is 6.92. The number of nitrogens with one attached hydrogen (secondary N) is 1. The van der Waals surface area contributed by atoms with E-state index in [-0.39, 0.29) is 16.6 Å². The molecule has 0 saturated carbocycles. The Hall–Kier alpha value is -1.86. The number of benzene rings is 1. The summed E-state index contributed by atoms with van der Waals surface area (Å²) >= 11 is 6.16. The third kappa shape index (κ3) is 3.08. The molecule has 0 radical (unpaired) electrons. The van der Waals surface area contributed by atoms with Crippen molar-refractivity contribution < 1.29 is 9.72 Å². The normalized spacial score (nSPS) is 18.4. The number of nitrogens with zero attached hydrogens (tertiary/aromatic N) is 3. The second-order valence-electron chi connectivity index (χ2n) is 5.01. The summed E-state index contributed by atoms with van der Waals surface area (Å²) in [7, 11) is 3.33. The molecule has 0 spiro atoms. The van der Waals surface area contributed by atoms with E-state index < -0.39 is 11.0 Å². The predicted molar refractivity (Wildman–Crippen MR) is 80.8 cm³/mol. The van der Waals surface area contributed by atoms with Crippen LogP contribution in [0.3, 0.4) is 0 Å². The first-order chi connectivity index (χ1) is 9.93. The SMILES string of the molecule is CN(C)C(=O)C1CNCCN1c1c(Cl)cccc1[N+](=O)[O-]. The predicted octanol–water partition coefficient (Wildman–Crippen LogP) is 1.11. The zero-order valence-corrected chi connectivity index (χ0v) is 12.6. The van der Waals surface area contributed by atoms with Gasteiger partial charge in [-0.1, -0.05) is 17.7 Å². The highest BCUT2D eigenvalue weighted by Gasteiger charge is 2.34. The molecule has 1 saturated heterocycles. The molecule has 0 aliphatic carbocycles. The van der Waals surface area contributed by atoms with Gasteiger partial charge in [0.1, 0.15) is 11.7 Å². The van der Waals surface area contributed by atoms with Gasteiger partial charge in [-0.25, -0.2) is 0 Å². The molecule has 8 heteroatoms. The lowest BCUT2D eigenvalue weighted by Crippen LogP contribution is -2.58. The number of amides is 1. The standard InChI is InChI=1S/C13H17ClN4O3/c1-16(2)13(19)11-8-15-6-7-17(11)12-9(14)4-3-5-10(12)18(20)21/h3-5,11,15H,6-8H2,1-2H3. The number of hydrogen-bond donors (Lipinski definition) is 1. The smallest absolute Gasteiger partial charge is 0.294 e. The molecule has 0 aromatic heterocycles. The lowest BCUT2D eigenvalue weighted by atomic mass is 10.1. The molecular weight excluding hydrogens is 296 g/mol. The van der Waals surface area contributed by atoms with E-state index >= 15 is 0 Å². The Morgan fingerprint density at radius 3 is 2.86 bits per heavy atom. The molecule has 1 aliphatic rings. The van der Waals surface area contributed by atoms with Crippen molar-refractivity contribution in [1.29, 1.82) is 0 Å². The molecule has 1 amide bonds. The van der Waals surface area contributed by atoms with Crippen molar-refractivity contribution in [3.8, 4) is 0 Å². The summed E-state index contributed by atoms with van der Waals surface area (Å²) in [6, 6.07) is 4.03. The molecule has 114 valence electrons. The molecule has 1 aromatic carbocycles. The lowest BCUT2D eigenvalue weighted by molar-refractivity contribution is -0.384. The van der Waals surface area contributed by atoms with E-state index in [2.05, 4.69) is 5.32 Å². The van der Waals surface area contributed by atoms with Crippen LogP contribution in [-0.2, 0) is 4.79 Å². The fourth-order valence-corrected chi connectivity index (χ4v) is 2.70. The number of carbonyl (C=O) groups excluding carboxylic acids is 1. The highest BCUT2D eigenvalue weighted by atomic mass is 35.5. The van der Waals surface area contributed by atoms with E-state index in [0.29, 0.717) is 25.3 Å². The summed E-state index contributed by atoms with van der Waals surface area (Å²) in [5.41, 5.74) is 0.229. The molecule has 1 atom stereocenters. The quantitative estimate of drug-likeness (QED) is 0.668. The van der Waals surface area contributed by atoms with Crippen LogP contribution >= 0.6 is 11.6 Å². The van der Waals surface area contributed by atoms with Crippen LogP contribution in [0.25, 0.3) is 0 Å². The van der Waals surface area contributed by atoms with Crippen molar-refractivity contribution in [2.75, 3.05) is 38.6 Å². The van der Waals surface area contributed by atoms with Gasteiger partial charge in [0.05, 0.1) is 9.95 Å². The number of nitro benzene ring substituents is 1. The molecule has 1 unspecified atom stereocenters. The summed E-state index contributed by atoms with van der Waals surface area (Å²) in [4.78, 5) is 26.3. The largest absolute Gasteiger partial charge is 0.350 e. The van der Waals surface area contributed by atoms with Crippen molar-refractivity contribution >= 4 is 28.9 Å². The second kappa shape index (κ2) is 6.28. The van der Waals surface area contributed by atoms with Gasteiger partial charge in [-0.15, -0.1) is 0 Å². The Kier molecular flexibility index (Phi) is 4.64. The van der Waals surface area contributed by atoms with E-state index in [4.69, 9.17) is 11.6 Å². The molecule has 0 bridgehead atoms. The Morgan fingerprint density at radius 2 is 2.24 bits per heavy atom. The highest BCUT2D eigenvalue weighted by molar-refractivity contribution is 6.34. The maximum atomic E-state index is 12.3. The van der Waals surface area contributed by atoms with Crippen LogP contribution in [-0.4, -0.2) is 55.5 Å². The van der Waals surface area contributed by atoms with Crippen molar-refractivity contribution in [3.63, 3.8) is 0 Å². The van der Waals surface area contributed by atoms with Crippen LogP contribution in [0.5, 0.6) is 0 Å². The van der Waals surface area contributed by atoms with Crippen molar-refractivity contribution in [1.82, 2.24) is 10.2 Å². The summed E-state index contributed by atoms with van der Waals surface area (Å²) in [5.74, 6) is -0.114. The first-order valence-electron chi connectivity index (χ1n) is 6.55. The summed E-state index contributed by atoms with van der Waals surface area (Å²) in [5, 5.41) is 14.7. The third-order valence-electron chi connectivity index (χ3n) is 3.42. The number of anilines is 1. The Morgan fingerprint density at radius 1 is 1.52 bits per heavy atom. The second-order valence-corrected chi connectivity index (χ2v) is 5.42. The zero-order chi connectivity index (χ0) is 15.6. The summed E-state index contributed by atoms with van der Waals surface area (Å²) in [6.45, 7) is 1.55. The van der Waals surface area contributed by atoms with Gasteiger partial charge < -0.3 is 15.1 Å². The van der Waals surface area contributed by atoms with E-state index in [1.807, 2.05) is 0 Å². The topological polar surface area (TPSA) is 78.7 Å². The fourth-order valence-electron chi connectivity index (χ4n) is 2.43. The molecule has 1 aliphatic heterocycles. The minimum Gasteiger partial charge on any atom is -0.350 e. The van der Waals surface area contributed by atoms with Gasteiger partial charge in [0.2, 0.25) is 5.91 Å². The number of piperazine rings is 1. The first kappa shape index (κ1) is 15.5. The minimum atomic E-state index is -0.507. The van der Waals surface area contributed by atoms with Crippen LogP contribution in [0.1, 0.15) is 0 Å². The number of rotatable bonds is 3. The van der Waals surface area contributed by atoms with Gasteiger partial charge >= 0.3 is 0 Å². The molecule has 2 rings (SSSR count). The zero-order valence-electron chi connectivity index (χ0n) is 11.9. The maximum absolute atomic E-state index is 12.3. The van der Waals surface area contributed by atoms with Crippen molar-refractivity contribution in [3.05, 3.63) is 33.3 Å². The number of nitro groups is 1. The Labute approximate surface area is 127 Å². The van der Waals surface area contributed by atoms with Gasteiger partial charge in [-0.2, -0.15) is 0 Å². The lowest BCUT2D eigenvalue weighted by Gasteiger charge is -2.38. The van der Waals surface area contributed by atoms with Gasteiger partial charge in [-0.05, 0) is 6.07 Å². The van der Waals surface area contributed by atoms with Gasteiger partial charge in [0, 0.05) is 39.8 Å². The van der Waals surface area contributed by atoms with Crippen LogP contribution in [0, 0.1) is 10.1 Å². The average molecular weight is 313 g/mol. The molecule has 1 heterocycles. The third-order valence-corrected chi connectivity index (χ3v) is 3.72. The van der Waals surface area contributed by atoms with Gasteiger partial charge in [-0.3, -0.25) is 14.9 Å². The molecule has 7 nitrogen and oxygen atoms in total. The van der Waals surface area contributed by atoms with E-state index in [9.17, 15) is 14.9 Å². The molecule has 1 fully saturated rings. The highest BCUT2D eigenvalue weighted by Crippen LogP contribution is 2.37. The van der Waals surface area contributed by atoms with Crippen molar-refractivity contribution in [2.45, 2.75) is 6.04 Å². The van der Waals surface area contributed by atoms with E-state index in [1.165, 1.54) is 17.0 Å². The maximum Gasteiger partial charge on any atom is 0.294 e. The number of para-hydroxylation sites is 1. The van der Waals surface area contributed by atoms with Crippen LogP contribution in [0.2, 0.25) is 5.02 Å². The Bertz CT molecular complexity index is 564. The molecule has 1 aromatic rings.